The van der Waals surface area contributed by atoms with Crippen molar-refractivity contribution < 1.29 is 4.89 Å². The Bertz CT molecular complexity index is 176. The number of rotatable bonds is 2. The molecule has 0 radical (unpaired) electrons. The summed E-state index contributed by atoms with van der Waals surface area (Å²) in [6, 6.07) is 0. The van der Waals surface area contributed by atoms with Crippen molar-refractivity contribution in [2.75, 3.05) is 0 Å². The maximum absolute atomic E-state index is 10.7. The van der Waals surface area contributed by atoms with E-state index >= 15 is 0 Å². The molecule has 0 atom stereocenters. The summed E-state index contributed by atoms with van der Waals surface area (Å²) in [7, 11) is 0. The van der Waals surface area contributed by atoms with Gasteiger partial charge in [-0.3, -0.25) is 0 Å². The van der Waals surface area contributed by atoms with Crippen molar-refractivity contribution in [1.29, 1.82) is 0 Å². The van der Waals surface area contributed by atoms with E-state index in [2.05, 4.69) is 0 Å². The van der Waals surface area contributed by atoms with Crippen molar-refractivity contribution in [3.63, 3.8) is 0 Å². The van der Waals surface area contributed by atoms with E-state index in [1.54, 1.807) is 0 Å². The maximum atomic E-state index is 10.7. The molecule has 2 rings (SSSR count). The third-order valence-corrected chi connectivity index (χ3v) is 9.65. The predicted molar refractivity (Wildman–Crippen MR) is 70.1 cm³/mol. The molecule has 0 aromatic carbocycles. The first-order chi connectivity index (χ1) is 7.21. The summed E-state index contributed by atoms with van der Waals surface area (Å²) >= 11 is 6.59. The average molecular weight is 251 g/mol. The fraction of sp³-hybridized carbons (Fsp3) is 1.00. The summed E-state index contributed by atoms with van der Waals surface area (Å²) in [6.45, 7) is -2.43. The number of hydrogen-bond acceptors (Lipinski definition) is 1. The van der Waals surface area contributed by atoms with Gasteiger partial charge in [0.05, 0.1) is 0 Å². The Balaban J connectivity index is 1.96. The third-order valence-electron chi connectivity index (χ3n) is 4.36. The molecule has 0 aliphatic heterocycles. The molecule has 90 valence electrons. The molecule has 0 amide bonds. The van der Waals surface area contributed by atoms with Crippen molar-refractivity contribution in [3.05, 3.63) is 0 Å². The van der Waals surface area contributed by atoms with Gasteiger partial charge in [-0.15, -0.1) is 0 Å². The second kappa shape index (κ2) is 5.34. The molecule has 1 nitrogen and oxygen atoms in total. The minimum absolute atomic E-state index is 0.496. The van der Waals surface area contributed by atoms with Crippen LogP contribution in [0.4, 0.5) is 0 Å². The van der Waals surface area contributed by atoms with Crippen molar-refractivity contribution in [2.24, 2.45) is 0 Å². The number of hydrogen-bond donors (Lipinski definition) is 1. The van der Waals surface area contributed by atoms with E-state index in [0.717, 1.165) is 0 Å². The third kappa shape index (κ3) is 2.87. The second-order valence-electron chi connectivity index (χ2n) is 5.40. The summed E-state index contributed by atoms with van der Waals surface area (Å²) in [5.41, 5.74) is 0.993. The molecule has 2 aliphatic rings. The molecule has 0 saturated heterocycles. The van der Waals surface area contributed by atoms with Gasteiger partial charge in [0.2, 0.25) is 0 Å². The summed E-state index contributed by atoms with van der Waals surface area (Å²) < 4.78 is 0. The van der Waals surface area contributed by atoms with Gasteiger partial charge in [-0.1, -0.05) is 0 Å². The van der Waals surface area contributed by atoms with Gasteiger partial charge in [-0.25, -0.2) is 0 Å². The molecule has 0 aromatic heterocycles. The van der Waals surface area contributed by atoms with E-state index in [0.29, 0.717) is 11.3 Å². The van der Waals surface area contributed by atoms with Crippen LogP contribution in [0.25, 0.3) is 0 Å². The molecule has 0 unspecified atom stereocenters. The van der Waals surface area contributed by atoms with Gasteiger partial charge in [-0.05, 0) is 0 Å². The Morgan fingerprint density at radius 3 is 1.40 bits per heavy atom. The Morgan fingerprint density at radius 1 is 0.733 bits per heavy atom. The molecule has 15 heavy (non-hydrogen) atoms. The van der Waals surface area contributed by atoms with E-state index in [4.69, 9.17) is 11.2 Å². The average Bonchev–Trinajstić information content (AvgIpc) is 2.31. The van der Waals surface area contributed by atoms with E-state index in [9.17, 15) is 4.89 Å². The van der Waals surface area contributed by atoms with Crippen molar-refractivity contribution in [1.82, 2.24) is 0 Å². The Kier molecular flexibility index (Phi) is 4.32. The molecule has 0 bridgehead atoms. The Morgan fingerprint density at radius 2 is 1.07 bits per heavy atom. The molecule has 2 fully saturated rings. The summed E-state index contributed by atoms with van der Waals surface area (Å²) in [6.07, 6.45) is 12.7. The first-order valence-corrected chi connectivity index (χ1v) is 9.74. The molecule has 1 N–H and O–H groups in total. The monoisotopic (exact) mass is 250 g/mol. The first kappa shape index (κ1) is 12.1. The molecule has 0 aromatic rings. The van der Waals surface area contributed by atoms with Crippen LogP contribution in [0.5, 0.6) is 0 Å². The van der Waals surface area contributed by atoms with Crippen LogP contribution >= 0.6 is 18.1 Å². The summed E-state index contributed by atoms with van der Waals surface area (Å²) in [5, 5.41) is 0. The molecule has 2 saturated carbocycles. The van der Waals surface area contributed by atoms with Crippen LogP contribution in [-0.4, -0.2) is 16.2 Å². The normalized spacial score (nSPS) is 27.9. The molecular weight excluding hydrogens is 227 g/mol. The van der Waals surface area contributed by atoms with Crippen LogP contribution < -0.4 is 0 Å². The van der Waals surface area contributed by atoms with E-state index in [-0.39, 0.29) is 0 Å². The van der Waals surface area contributed by atoms with Crippen LogP contribution in [0.15, 0.2) is 0 Å². The number of halogens is 1. The fourth-order valence-corrected chi connectivity index (χ4v) is 7.76. The molecule has 2 aliphatic carbocycles. The SMILES string of the molecule is O[PH](Cl)(C1CCCCC1)C1CCCCC1. The van der Waals surface area contributed by atoms with Crippen LogP contribution in [0.2, 0.25) is 0 Å². The van der Waals surface area contributed by atoms with Gasteiger partial charge in [0.25, 0.3) is 0 Å². The Labute approximate surface area is 98.8 Å². The second-order valence-corrected chi connectivity index (χ2v) is 10.3. The Hall–Kier alpha value is 0.680. The van der Waals surface area contributed by atoms with Gasteiger partial charge >= 0.3 is 98.5 Å². The predicted octanol–water partition coefficient (Wildman–Crippen LogP) is 4.46. The van der Waals surface area contributed by atoms with Crippen LogP contribution in [0, 0.1) is 0 Å². The first-order valence-electron chi connectivity index (χ1n) is 6.62. The molecule has 3 heteroatoms. The standard InChI is InChI=1S/C12H24ClOP/c13-15(14,11-7-3-1-4-8-11)12-9-5-2-6-10-12/h11-12,14-15H,1-10H2. The zero-order valence-corrected chi connectivity index (χ0v) is 11.3. The van der Waals surface area contributed by atoms with Crippen LogP contribution in [0.1, 0.15) is 64.2 Å². The van der Waals surface area contributed by atoms with Gasteiger partial charge in [0.15, 0.2) is 0 Å². The minimum atomic E-state index is -2.43. The molecular formula is C12H24ClOP. The van der Waals surface area contributed by atoms with E-state index in [1.807, 2.05) is 0 Å². The molecule has 0 spiro atoms. The van der Waals surface area contributed by atoms with E-state index in [1.165, 1.54) is 64.2 Å². The molecule has 0 heterocycles. The van der Waals surface area contributed by atoms with Gasteiger partial charge < -0.3 is 0 Å². The van der Waals surface area contributed by atoms with Crippen molar-refractivity contribution in [2.45, 2.75) is 75.5 Å². The zero-order valence-electron chi connectivity index (χ0n) is 9.55. The van der Waals surface area contributed by atoms with Crippen LogP contribution in [-0.2, 0) is 0 Å². The van der Waals surface area contributed by atoms with Crippen LogP contribution in [0.3, 0.4) is 0 Å². The topological polar surface area (TPSA) is 20.2 Å². The van der Waals surface area contributed by atoms with Gasteiger partial charge in [0.1, 0.15) is 0 Å². The zero-order chi connectivity index (χ0) is 10.7. The van der Waals surface area contributed by atoms with Crippen molar-refractivity contribution >= 4 is 18.1 Å². The quantitative estimate of drug-likeness (QED) is 0.718. The van der Waals surface area contributed by atoms with Crippen molar-refractivity contribution in [3.8, 4) is 0 Å². The fourth-order valence-electron chi connectivity index (χ4n) is 3.35. The summed E-state index contributed by atoms with van der Waals surface area (Å²) in [5.74, 6) is 0. The summed E-state index contributed by atoms with van der Waals surface area (Å²) in [4.78, 5) is 10.7. The van der Waals surface area contributed by atoms with E-state index < -0.39 is 6.84 Å². The van der Waals surface area contributed by atoms with Gasteiger partial charge in [0, 0.05) is 0 Å². The van der Waals surface area contributed by atoms with Gasteiger partial charge in [-0.2, -0.15) is 0 Å².